The van der Waals surface area contributed by atoms with Gasteiger partial charge in [0.15, 0.2) is 0 Å². The van der Waals surface area contributed by atoms with E-state index >= 15 is 0 Å². The molecule has 4 bridgehead atoms. The van der Waals surface area contributed by atoms with Crippen LogP contribution in [-0.2, 0) is 16.8 Å². The predicted molar refractivity (Wildman–Crippen MR) is 99.6 cm³/mol. The van der Waals surface area contributed by atoms with E-state index in [9.17, 15) is 4.79 Å². The third kappa shape index (κ3) is 2.93. The molecule has 136 valence electrons. The number of nitrogens with one attached hydrogen (secondary N) is 1. The van der Waals surface area contributed by atoms with Crippen LogP contribution in [0.4, 0.5) is 5.69 Å². The minimum absolute atomic E-state index is 0.0167. The van der Waals surface area contributed by atoms with Crippen molar-refractivity contribution in [1.29, 1.82) is 0 Å². The van der Waals surface area contributed by atoms with Gasteiger partial charge in [-0.2, -0.15) is 5.10 Å². The van der Waals surface area contributed by atoms with E-state index in [4.69, 9.17) is 0 Å². The molecular formula is C21H26N4O. The highest BCUT2D eigenvalue weighted by Crippen LogP contribution is 2.60. The van der Waals surface area contributed by atoms with E-state index in [0.717, 1.165) is 23.4 Å². The van der Waals surface area contributed by atoms with Crippen molar-refractivity contribution >= 4 is 11.6 Å². The summed E-state index contributed by atoms with van der Waals surface area (Å²) in [5.41, 5.74) is 2.81. The lowest BCUT2D eigenvalue weighted by molar-refractivity contribution is -0.116. The molecule has 0 spiro atoms. The number of amides is 1. The average Bonchev–Trinajstić information content (AvgIpc) is 3.13. The number of carbonyl (C=O) groups is 1. The highest BCUT2D eigenvalue weighted by Gasteiger charge is 2.51. The molecule has 4 aliphatic rings. The van der Waals surface area contributed by atoms with Crippen LogP contribution in [0.5, 0.6) is 0 Å². The van der Waals surface area contributed by atoms with Gasteiger partial charge in [-0.3, -0.25) is 9.48 Å². The maximum absolute atomic E-state index is 12.1. The third-order valence-corrected chi connectivity index (χ3v) is 6.85. The van der Waals surface area contributed by atoms with Gasteiger partial charge in [-0.05, 0) is 79.4 Å². The van der Waals surface area contributed by atoms with Crippen LogP contribution in [0.1, 0.15) is 50.5 Å². The van der Waals surface area contributed by atoms with E-state index in [1.807, 2.05) is 0 Å². The zero-order valence-corrected chi connectivity index (χ0v) is 15.1. The third-order valence-electron chi connectivity index (χ3n) is 6.85. The zero-order chi connectivity index (χ0) is 17.6. The van der Waals surface area contributed by atoms with E-state index in [0.29, 0.717) is 18.4 Å². The normalized spacial score (nSPS) is 31.9. The molecule has 26 heavy (non-hydrogen) atoms. The van der Waals surface area contributed by atoms with E-state index in [1.54, 1.807) is 11.0 Å². The van der Waals surface area contributed by atoms with Crippen molar-refractivity contribution in [1.82, 2.24) is 14.8 Å². The van der Waals surface area contributed by atoms with Crippen LogP contribution in [0.3, 0.4) is 0 Å². The zero-order valence-electron chi connectivity index (χ0n) is 15.1. The maximum Gasteiger partial charge on any atom is 0.226 e. The molecule has 0 saturated heterocycles. The summed E-state index contributed by atoms with van der Waals surface area (Å²) < 4.78 is 1.68. The fourth-order valence-corrected chi connectivity index (χ4v) is 6.16. The molecule has 6 rings (SSSR count). The maximum atomic E-state index is 12.1. The summed E-state index contributed by atoms with van der Waals surface area (Å²) in [4.78, 5) is 16.0. The standard InChI is InChI=1S/C21H26N4O/c26-20(5-6-25-14-22-13-23-25)24-19-3-1-18(2-4-19)21-10-15-7-16(11-21)9-17(8-15)12-21/h1-4,13-17H,5-12H2,(H,24,26). The molecule has 2 aromatic rings. The van der Waals surface area contributed by atoms with Crippen LogP contribution in [0, 0.1) is 17.8 Å². The molecule has 4 aliphatic carbocycles. The Labute approximate surface area is 154 Å². The van der Waals surface area contributed by atoms with Crippen molar-refractivity contribution in [2.24, 2.45) is 17.8 Å². The van der Waals surface area contributed by atoms with Crippen LogP contribution >= 0.6 is 0 Å². The van der Waals surface area contributed by atoms with Crippen molar-refractivity contribution in [3.8, 4) is 0 Å². The number of benzene rings is 1. The first-order valence-electron chi connectivity index (χ1n) is 9.91. The summed E-state index contributed by atoms with van der Waals surface area (Å²) in [6.45, 7) is 0.553. The van der Waals surface area contributed by atoms with E-state index in [1.165, 1.54) is 50.4 Å². The van der Waals surface area contributed by atoms with Crippen LogP contribution in [0.15, 0.2) is 36.9 Å². The summed E-state index contributed by atoms with van der Waals surface area (Å²) in [5.74, 6) is 2.88. The summed E-state index contributed by atoms with van der Waals surface area (Å²) in [5, 5.41) is 7.03. The highest BCUT2D eigenvalue weighted by atomic mass is 16.1. The van der Waals surface area contributed by atoms with Crippen LogP contribution in [-0.4, -0.2) is 20.7 Å². The van der Waals surface area contributed by atoms with Crippen molar-refractivity contribution < 1.29 is 4.79 Å². The number of hydrogen-bond acceptors (Lipinski definition) is 3. The fourth-order valence-electron chi connectivity index (χ4n) is 6.16. The highest BCUT2D eigenvalue weighted by molar-refractivity contribution is 5.90. The second-order valence-corrected chi connectivity index (χ2v) is 8.73. The Morgan fingerprint density at radius 1 is 1.08 bits per heavy atom. The lowest BCUT2D eigenvalue weighted by atomic mass is 9.48. The molecule has 1 N–H and O–H groups in total. The molecule has 1 heterocycles. The lowest BCUT2D eigenvalue weighted by Gasteiger charge is -2.57. The van der Waals surface area contributed by atoms with E-state index < -0.39 is 0 Å². The summed E-state index contributed by atoms with van der Waals surface area (Å²) in [7, 11) is 0. The molecular weight excluding hydrogens is 324 g/mol. The van der Waals surface area contributed by atoms with Gasteiger partial charge in [-0.1, -0.05) is 12.1 Å². The Morgan fingerprint density at radius 3 is 2.31 bits per heavy atom. The average molecular weight is 350 g/mol. The molecule has 0 unspecified atom stereocenters. The Kier molecular flexibility index (Phi) is 3.84. The number of anilines is 1. The van der Waals surface area contributed by atoms with Crippen LogP contribution in [0.25, 0.3) is 0 Å². The molecule has 5 nitrogen and oxygen atoms in total. The largest absolute Gasteiger partial charge is 0.326 e. The minimum Gasteiger partial charge on any atom is -0.326 e. The Bertz CT molecular complexity index is 746. The molecule has 1 amide bonds. The Balaban J connectivity index is 1.24. The van der Waals surface area contributed by atoms with Crippen molar-refractivity contribution in [2.75, 3.05) is 5.32 Å². The first-order valence-corrected chi connectivity index (χ1v) is 9.91. The number of hydrogen-bond donors (Lipinski definition) is 1. The number of aromatic nitrogens is 3. The van der Waals surface area contributed by atoms with Gasteiger partial charge in [-0.25, -0.2) is 4.98 Å². The van der Waals surface area contributed by atoms with Crippen molar-refractivity contribution in [3.05, 3.63) is 42.5 Å². The summed E-state index contributed by atoms with van der Waals surface area (Å²) >= 11 is 0. The number of nitrogens with zero attached hydrogens (tertiary/aromatic N) is 3. The van der Waals surface area contributed by atoms with Gasteiger partial charge in [0, 0.05) is 12.1 Å². The van der Waals surface area contributed by atoms with Gasteiger partial charge < -0.3 is 5.32 Å². The monoisotopic (exact) mass is 350 g/mol. The van der Waals surface area contributed by atoms with Crippen LogP contribution in [0.2, 0.25) is 0 Å². The molecule has 5 heteroatoms. The predicted octanol–water partition coefficient (Wildman–Crippen LogP) is 3.77. The van der Waals surface area contributed by atoms with Crippen molar-refractivity contribution in [3.63, 3.8) is 0 Å². The van der Waals surface area contributed by atoms with Gasteiger partial charge in [-0.15, -0.1) is 0 Å². The molecule has 0 aliphatic heterocycles. The second-order valence-electron chi connectivity index (χ2n) is 8.73. The lowest BCUT2D eigenvalue weighted by Crippen LogP contribution is -2.48. The fraction of sp³-hybridized carbons (Fsp3) is 0.571. The smallest absolute Gasteiger partial charge is 0.226 e. The molecule has 0 radical (unpaired) electrons. The van der Waals surface area contributed by atoms with E-state index in [-0.39, 0.29) is 5.91 Å². The molecule has 0 atom stereocenters. The van der Waals surface area contributed by atoms with Gasteiger partial charge in [0.2, 0.25) is 5.91 Å². The number of carbonyl (C=O) groups excluding carboxylic acids is 1. The van der Waals surface area contributed by atoms with Crippen molar-refractivity contribution in [2.45, 2.75) is 56.9 Å². The van der Waals surface area contributed by atoms with E-state index in [2.05, 4.69) is 39.7 Å². The molecule has 1 aromatic heterocycles. The molecule has 4 saturated carbocycles. The van der Waals surface area contributed by atoms with Crippen LogP contribution < -0.4 is 5.32 Å². The number of aryl methyl sites for hydroxylation is 1. The molecule has 1 aromatic carbocycles. The van der Waals surface area contributed by atoms with Gasteiger partial charge >= 0.3 is 0 Å². The quantitative estimate of drug-likeness (QED) is 0.893. The number of rotatable bonds is 5. The summed E-state index contributed by atoms with van der Waals surface area (Å²) in [6.07, 6.45) is 12.1. The minimum atomic E-state index is 0.0167. The second kappa shape index (κ2) is 6.22. The Hall–Kier alpha value is -2.17. The Morgan fingerprint density at radius 2 is 1.73 bits per heavy atom. The summed E-state index contributed by atoms with van der Waals surface area (Å²) in [6, 6.07) is 8.70. The van der Waals surface area contributed by atoms with Gasteiger partial charge in [0.05, 0.1) is 6.54 Å². The molecule has 4 fully saturated rings. The van der Waals surface area contributed by atoms with Gasteiger partial charge in [0.25, 0.3) is 0 Å². The topological polar surface area (TPSA) is 59.8 Å². The van der Waals surface area contributed by atoms with Gasteiger partial charge in [0.1, 0.15) is 12.7 Å². The SMILES string of the molecule is O=C(CCn1cncn1)Nc1ccc(C23CC4CC(CC(C4)C2)C3)cc1. The first-order chi connectivity index (χ1) is 12.7. The first kappa shape index (κ1) is 16.0.